The molecule has 5 nitrogen and oxygen atoms in total. The molecule has 0 bridgehead atoms. The summed E-state index contributed by atoms with van der Waals surface area (Å²) in [5, 5.41) is 7.67. The molecule has 0 saturated carbocycles. The third-order valence-electron chi connectivity index (χ3n) is 2.24. The summed E-state index contributed by atoms with van der Waals surface area (Å²) in [4.78, 5) is 16.9. The number of carbonyl (C=O) groups excluding carboxylic acids is 1. The molecular formula is C10H12N4OS. The van der Waals surface area contributed by atoms with Crippen LogP contribution in [0.4, 0.5) is 0 Å². The van der Waals surface area contributed by atoms with Gasteiger partial charge in [-0.2, -0.15) is 0 Å². The van der Waals surface area contributed by atoms with Gasteiger partial charge in [0.2, 0.25) is 5.78 Å². The number of aromatic nitrogens is 4. The van der Waals surface area contributed by atoms with Crippen LogP contribution in [0.3, 0.4) is 0 Å². The van der Waals surface area contributed by atoms with E-state index in [0.717, 1.165) is 12.1 Å². The van der Waals surface area contributed by atoms with Gasteiger partial charge in [0, 0.05) is 6.54 Å². The van der Waals surface area contributed by atoms with E-state index in [0.29, 0.717) is 17.1 Å². The van der Waals surface area contributed by atoms with Crippen molar-refractivity contribution in [3.05, 3.63) is 28.0 Å². The van der Waals surface area contributed by atoms with E-state index in [9.17, 15) is 4.79 Å². The number of nitrogens with zero attached hydrogens (tertiary/aromatic N) is 4. The first-order valence-electron chi connectivity index (χ1n) is 5.07. The van der Waals surface area contributed by atoms with E-state index in [1.807, 2.05) is 13.8 Å². The van der Waals surface area contributed by atoms with Crippen LogP contribution in [0.2, 0.25) is 0 Å². The Bertz CT molecular complexity index is 502. The number of carbonyl (C=O) groups is 1. The second-order valence-electron chi connectivity index (χ2n) is 3.44. The van der Waals surface area contributed by atoms with Crippen LogP contribution in [-0.4, -0.2) is 25.8 Å². The van der Waals surface area contributed by atoms with E-state index < -0.39 is 0 Å². The van der Waals surface area contributed by atoms with Crippen LogP contribution in [0.15, 0.2) is 11.7 Å². The largest absolute Gasteiger partial charge is 0.286 e. The van der Waals surface area contributed by atoms with Crippen molar-refractivity contribution in [1.82, 2.24) is 20.0 Å². The van der Waals surface area contributed by atoms with E-state index in [1.165, 1.54) is 17.5 Å². The van der Waals surface area contributed by atoms with Gasteiger partial charge in [0.05, 0.1) is 22.3 Å². The normalized spacial score (nSPS) is 10.6. The van der Waals surface area contributed by atoms with Crippen molar-refractivity contribution in [3.8, 4) is 0 Å². The Kier molecular flexibility index (Phi) is 3.09. The van der Waals surface area contributed by atoms with Gasteiger partial charge in [-0.15, -0.1) is 16.4 Å². The molecule has 0 N–H and O–H groups in total. The van der Waals surface area contributed by atoms with E-state index >= 15 is 0 Å². The molecule has 84 valence electrons. The van der Waals surface area contributed by atoms with Crippen molar-refractivity contribution >= 4 is 17.1 Å². The average molecular weight is 236 g/mol. The lowest BCUT2D eigenvalue weighted by atomic mass is 10.2. The molecule has 0 atom stereocenters. The fraction of sp³-hybridized carbons (Fsp3) is 0.400. The van der Waals surface area contributed by atoms with Crippen molar-refractivity contribution in [3.63, 3.8) is 0 Å². The summed E-state index contributed by atoms with van der Waals surface area (Å²) in [5.41, 5.74) is 2.98. The Labute approximate surface area is 97.1 Å². The molecule has 16 heavy (non-hydrogen) atoms. The summed E-state index contributed by atoms with van der Waals surface area (Å²) in [5.74, 6) is -0.0431. The highest BCUT2D eigenvalue weighted by atomic mass is 32.1. The van der Waals surface area contributed by atoms with Crippen molar-refractivity contribution in [1.29, 1.82) is 0 Å². The molecule has 2 rings (SSSR count). The second-order valence-corrected chi connectivity index (χ2v) is 4.29. The number of thiazole rings is 1. The minimum absolute atomic E-state index is 0.0431. The van der Waals surface area contributed by atoms with Crippen LogP contribution >= 0.6 is 11.3 Å². The minimum Gasteiger partial charge on any atom is -0.286 e. The molecule has 0 unspecified atom stereocenters. The summed E-state index contributed by atoms with van der Waals surface area (Å²) in [6.07, 6.45) is 2.43. The number of hydrogen-bond donors (Lipinski definition) is 0. The molecule has 0 amide bonds. The Balaban J connectivity index is 2.34. The molecule has 0 aliphatic heterocycles. The first kappa shape index (κ1) is 10.9. The van der Waals surface area contributed by atoms with Gasteiger partial charge in [0.25, 0.3) is 0 Å². The average Bonchev–Trinajstić information content (AvgIpc) is 2.87. The van der Waals surface area contributed by atoms with E-state index in [2.05, 4.69) is 15.3 Å². The molecule has 0 spiro atoms. The fourth-order valence-electron chi connectivity index (χ4n) is 1.45. The molecule has 2 aromatic heterocycles. The van der Waals surface area contributed by atoms with Crippen LogP contribution in [-0.2, 0) is 6.54 Å². The maximum absolute atomic E-state index is 12.2. The third kappa shape index (κ3) is 1.88. The van der Waals surface area contributed by atoms with Gasteiger partial charge in [-0.1, -0.05) is 12.1 Å². The maximum Gasteiger partial charge on any atom is 0.224 e. The lowest BCUT2D eigenvalue weighted by Crippen LogP contribution is -2.11. The summed E-state index contributed by atoms with van der Waals surface area (Å²) < 4.78 is 1.64. The lowest BCUT2D eigenvalue weighted by Gasteiger charge is -2.02. The van der Waals surface area contributed by atoms with Crippen molar-refractivity contribution in [2.75, 3.05) is 0 Å². The van der Waals surface area contributed by atoms with Gasteiger partial charge in [0.15, 0.2) is 0 Å². The first-order chi connectivity index (χ1) is 7.74. The highest BCUT2D eigenvalue weighted by Crippen LogP contribution is 2.17. The summed E-state index contributed by atoms with van der Waals surface area (Å²) >= 11 is 1.35. The highest BCUT2D eigenvalue weighted by Gasteiger charge is 2.18. The lowest BCUT2D eigenvalue weighted by molar-refractivity contribution is 0.103. The molecule has 0 aliphatic carbocycles. The Morgan fingerprint density at radius 3 is 3.00 bits per heavy atom. The smallest absolute Gasteiger partial charge is 0.224 e. The Morgan fingerprint density at radius 2 is 2.38 bits per heavy atom. The quantitative estimate of drug-likeness (QED) is 0.758. The first-order valence-corrected chi connectivity index (χ1v) is 5.95. The topological polar surface area (TPSA) is 60.7 Å². The summed E-state index contributed by atoms with van der Waals surface area (Å²) in [6, 6.07) is 0. The predicted molar refractivity (Wildman–Crippen MR) is 60.6 cm³/mol. The highest BCUT2D eigenvalue weighted by molar-refractivity contribution is 7.12. The third-order valence-corrected chi connectivity index (χ3v) is 3.16. The standard InChI is InChI=1S/C10H12N4OS/c1-3-4-14-8(5-12-13-14)9(15)10-7(2)11-6-16-10/h5-6H,3-4H2,1-2H3. The van der Waals surface area contributed by atoms with E-state index in [4.69, 9.17) is 0 Å². The molecule has 0 fully saturated rings. The van der Waals surface area contributed by atoms with Crippen LogP contribution in [0, 0.1) is 6.92 Å². The Hall–Kier alpha value is -1.56. The van der Waals surface area contributed by atoms with Crippen LogP contribution in [0.25, 0.3) is 0 Å². The zero-order valence-corrected chi connectivity index (χ0v) is 9.99. The monoisotopic (exact) mass is 236 g/mol. The number of hydrogen-bond acceptors (Lipinski definition) is 5. The molecule has 2 heterocycles. The van der Waals surface area contributed by atoms with Crippen molar-refractivity contribution in [2.45, 2.75) is 26.8 Å². The van der Waals surface area contributed by atoms with Gasteiger partial charge < -0.3 is 0 Å². The zero-order valence-electron chi connectivity index (χ0n) is 9.17. The molecule has 6 heteroatoms. The SMILES string of the molecule is CCCn1nncc1C(=O)c1scnc1C. The van der Waals surface area contributed by atoms with Gasteiger partial charge in [-0.3, -0.25) is 4.79 Å². The summed E-state index contributed by atoms with van der Waals surface area (Å²) in [6.45, 7) is 4.57. The van der Waals surface area contributed by atoms with Crippen molar-refractivity contribution in [2.24, 2.45) is 0 Å². The van der Waals surface area contributed by atoms with Gasteiger partial charge in [-0.05, 0) is 13.3 Å². The number of aryl methyl sites for hydroxylation is 2. The van der Waals surface area contributed by atoms with Crippen LogP contribution < -0.4 is 0 Å². The van der Waals surface area contributed by atoms with Crippen LogP contribution in [0.1, 0.15) is 34.4 Å². The number of ketones is 1. The molecule has 0 saturated heterocycles. The predicted octanol–water partition coefficient (Wildman–Crippen LogP) is 1.68. The minimum atomic E-state index is -0.0431. The van der Waals surface area contributed by atoms with Crippen LogP contribution in [0.5, 0.6) is 0 Å². The molecule has 0 radical (unpaired) electrons. The maximum atomic E-state index is 12.2. The number of rotatable bonds is 4. The molecular weight excluding hydrogens is 224 g/mol. The second kappa shape index (κ2) is 4.52. The molecule has 0 aromatic carbocycles. The van der Waals surface area contributed by atoms with Gasteiger partial charge in [-0.25, -0.2) is 9.67 Å². The Morgan fingerprint density at radius 1 is 1.56 bits per heavy atom. The zero-order chi connectivity index (χ0) is 11.5. The van der Waals surface area contributed by atoms with Crippen molar-refractivity contribution < 1.29 is 4.79 Å². The summed E-state index contributed by atoms with van der Waals surface area (Å²) in [7, 11) is 0. The molecule has 2 aromatic rings. The molecule has 0 aliphatic rings. The fourth-order valence-corrected chi connectivity index (χ4v) is 2.20. The van der Waals surface area contributed by atoms with Gasteiger partial charge >= 0.3 is 0 Å². The van der Waals surface area contributed by atoms with E-state index in [-0.39, 0.29) is 5.78 Å². The van der Waals surface area contributed by atoms with E-state index in [1.54, 1.807) is 10.2 Å². The van der Waals surface area contributed by atoms with Gasteiger partial charge in [0.1, 0.15) is 5.69 Å².